The molecule has 0 rings (SSSR count). The largest absolute Gasteiger partial charge is 0.509 e. The van der Waals surface area contributed by atoms with Gasteiger partial charge in [0.05, 0.1) is 0 Å². The summed E-state index contributed by atoms with van der Waals surface area (Å²) in [5.74, 6) is -1.75. The second-order valence-electron chi connectivity index (χ2n) is 3.53. The Bertz CT molecular complexity index is 222. The second-order valence-corrected chi connectivity index (χ2v) is 4.80. The lowest BCUT2D eigenvalue weighted by atomic mass is 9.96. The summed E-state index contributed by atoms with van der Waals surface area (Å²) in [6.07, 6.45) is 2.35. The maximum atomic E-state index is 11.0. The Morgan fingerprint density at radius 3 is 2.40 bits per heavy atom. The molecular weight excluding hydrogens is 217 g/mol. The van der Waals surface area contributed by atoms with Crippen LogP contribution in [-0.4, -0.2) is 28.2 Å². The summed E-state index contributed by atoms with van der Waals surface area (Å²) < 4.78 is 11.0. The Morgan fingerprint density at radius 1 is 1.47 bits per heavy atom. The van der Waals surface area contributed by atoms with E-state index in [9.17, 15) is 9.36 Å². The number of carboxylic acid groups (broad SMARTS) is 1. The van der Waals surface area contributed by atoms with Gasteiger partial charge in [0, 0.05) is 6.42 Å². The van der Waals surface area contributed by atoms with Crippen molar-refractivity contribution < 1.29 is 19.4 Å². The molecule has 0 spiro atoms. The number of aliphatic carboxylic acids is 1. The zero-order chi connectivity index (χ0) is 11.8. The lowest BCUT2D eigenvalue weighted by Gasteiger charge is -2.13. The summed E-state index contributed by atoms with van der Waals surface area (Å²) >= 11 is 0. The van der Waals surface area contributed by atoms with Gasteiger partial charge in [0.1, 0.15) is 5.92 Å². The molecule has 0 aliphatic carbocycles. The Hall–Kier alpha value is -0.510. The van der Waals surface area contributed by atoms with Gasteiger partial charge in [0.2, 0.25) is 5.66 Å². The predicted molar refractivity (Wildman–Crippen MR) is 57.9 cm³/mol. The van der Waals surface area contributed by atoms with Crippen molar-refractivity contribution in [3.8, 4) is 0 Å². The van der Waals surface area contributed by atoms with Gasteiger partial charge >= 0.3 is 14.0 Å². The standard InChI is InChI=1S/C9H18NO4P/c1-2-3-4-7(9(11)12)8(5-6-10)15(13)14/h7-8H,2-6,10H2,1H3,(H-,11,12,13,14)/p+1. The summed E-state index contributed by atoms with van der Waals surface area (Å²) in [5.41, 5.74) is 4.59. The summed E-state index contributed by atoms with van der Waals surface area (Å²) in [6, 6.07) is 0. The van der Waals surface area contributed by atoms with Crippen LogP contribution >= 0.6 is 8.03 Å². The molecule has 0 heterocycles. The van der Waals surface area contributed by atoms with E-state index in [2.05, 4.69) is 0 Å². The molecule has 0 saturated carbocycles. The van der Waals surface area contributed by atoms with Crippen LogP contribution in [0, 0.1) is 5.92 Å². The van der Waals surface area contributed by atoms with Gasteiger partial charge in [-0.05, 0) is 17.5 Å². The van der Waals surface area contributed by atoms with Crippen LogP contribution < -0.4 is 5.73 Å². The van der Waals surface area contributed by atoms with Crippen molar-refractivity contribution in [3.63, 3.8) is 0 Å². The van der Waals surface area contributed by atoms with Gasteiger partial charge in [0.25, 0.3) is 0 Å². The Labute approximate surface area is 90.5 Å². The molecule has 4 N–H and O–H groups in total. The maximum absolute atomic E-state index is 11.0. The highest BCUT2D eigenvalue weighted by Crippen LogP contribution is 2.34. The number of carboxylic acids is 1. The number of carbonyl (C=O) groups is 1. The molecule has 0 fully saturated rings. The molecule has 3 atom stereocenters. The van der Waals surface area contributed by atoms with Gasteiger partial charge in [-0.1, -0.05) is 19.8 Å². The van der Waals surface area contributed by atoms with Gasteiger partial charge < -0.3 is 10.8 Å². The van der Waals surface area contributed by atoms with Crippen LogP contribution in [0.3, 0.4) is 0 Å². The van der Waals surface area contributed by atoms with Gasteiger partial charge in [-0.2, -0.15) is 4.89 Å². The SMILES string of the molecule is CCCCC(C(=O)O)C(CCN)[P+](=O)O. The van der Waals surface area contributed by atoms with E-state index in [0.717, 1.165) is 12.8 Å². The van der Waals surface area contributed by atoms with Crippen molar-refractivity contribution in [1.82, 2.24) is 0 Å². The van der Waals surface area contributed by atoms with E-state index in [4.69, 9.17) is 15.7 Å². The number of rotatable bonds is 8. The highest BCUT2D eigenvalue weighted by atomic mass is 31.1. The lowest BCUT2D eigenvalue weighted by Crippen LogP contribution is -2.28. The third kappa shape index (κ3) is 5.21. The normalized spacial score (nSPS) is 15.8. The van der Waals surface area contributed by atoms with Gasteiger partial charge in [-0.15, -0.1) is 0 Å². The summed E-state index contributed by atoms with van der Waals surface area (Å²) in [7, 11) is -2.47. The van der Waals surface area contributed by atoms with Crippen LogP contribution in [0.25, 0.3) is 0 Å². The molecule has 0 aromatic carbocycles. The molecule has 5 nitrogen and oxygen atoms in total. The van der Waals surface area contributed by atoms with E-state index in [1.54, 1.807) is 0 Å². The molecule has 0 saturated heterocycles. The van der Waals surface area contributed by atoms with Crippen LogP contribution in [0.2, 0.25) is 0 Å². The molecule has 3 unspecified atom stereocenters. The fraction of sp³-hybridized carbons (Fsp3) is 0.889. The smallest absolute Gasteiger partial charge is 0.481 e. The summed E-state index contributed by atoms with van der Waals surface area (Å²) in [5, 5.41) is 8.97. The first-order valence-electron chi connectivity index (χ1n) is 5.12. The average Bonchev–Trinajstić information content (AvgIpc) is 2.16. The van der Waals surface area contributed by atoms with E-state index in [1.807, 2.05) is 6.92 Å². The van der Waals surface area contributed by atoms with Gasteiger partial charge in [0.15, 0.2) is 0 Å². The third-order valence-electron chi connectivity index (χ3n) is 2.40. The van der Waals surface area contributed by atoms with Gasteiger partial charge in [-0.25, -0.2) is 0 Å². The zero-order valence-corrected chi connectivity index (χ0v) is 9.82. The highest BCUT2D eigenvalue weighted by molar-refractivity contribution is 7.39. The molecule has 0 bridgehead atoms. The monoisotopic (exact) mass is 236 g/mol. The molecule has 0 amide bonds. The van der Waals surface area contributed by atoms with E-state index in [-0.39, 0.29) is 13.0 Å². The molecule has 0 aromatic rings. The predicted octanol–water partition coefficient (Wildman–Crippen LogP) is 1.33. The Morgan fingerprint density at radius 2 is 2.07 bits per heavy atom. The first kappa shape index (κ1) is 14.5. The highest BCUT2D eigenvalue weighted by Gasteiger charge is 2.40. The van der Waals surface area contributed by atoms with Crippen molar-refractivity contribution in [2.45, 2.75) is 38.3 Å². The number of nitrogens with two attached hydrogens (primary N) is 1. The Kier molecular flexibility index (Phi) is 7.48. The van der Waals surface area contributed by atoms with E-state index in [1.165, 1.54) is 0 Å². The fourth-order valence-electron chi connectivity index (χ4n) is 1.54. The van der Waals surface area contributed by atoms with E-state index in [0.29, 0.717) is 6.42 Å². The zero-order valence-electron chi connectivity index (χ0n) is 8.93. The Balaban J connectivity index is 4.52. The van der Waals surface area contributed by atoms with Crippen molar-refractivity contribution >= 4 is 14.0 Å². The first-order valence-corrected chi connectivity index (χ1v) is 6.40. The topological polar surface area (TPSA) is 101 Å². The average molecular weight is 236 g/mol. The lowest BCUT2D eigenvalue weighted by molar-refractivity contribution is -0.142. The molecule has 0 aliphatic rings. The minimum atomic E-state index is -2.47. The van der Waals surface area contributed by atoms with Crippen LogP contribution in [0.5, 0.6) is 0 Å². The number of unbranched alkanes of at least 4 members (excludes halogenated alkanes) is 1. The molecule has 0 aliphatic heterocycles. The third-order valence-corrected chi connectivity index (χ3v) is 3.58. The molecule has 0 radical (unpaired) electrons. The minimum absolute atomic E-state index is 0.238. The molecule has 0 aromatic heterocycles. The van der Waals surface area contributed by atoms with Crippen LogP contribution in [-0.2, 0) is 9.36 Å². The van der Waals surface area contributed by atoms with Crippen molar-refractivity contribution in [2.75, 3.05) is 6.54 Å². The van der Waals surface area contributed by atoms with Crippen LogP contribution in [0.15, 0.2) is 0 Å². The first-order chi connectivity index (χ1) is 7.04. The minimum Gasteiger partial charge on any atom is -0.481 e. The second kappa shape index (κ2) is 7.74. The maximum Gasteiger partial charge on any atom is 0.509 e. The van der Waals surface area contributed by atoms with E-state index < -0.39 is 25.6 Å². The summed E-state index contributed by atoms with van der Waals surface area (Å²) in [6.45, 7) is 2.19. The van der Waals surface area contributed by atoms with Crippen LogP contribution in [0.4, 0.5) is 0 Å². The van der Waals surface area contributed by atoms with E-state index >= 15 is 0 Å². The molecular formula is C9H19NO4P+. The molecule has 15 heavy (non-hydrogen) atoms. The van der Waals surface area contributed by atoms with Crippen molar-refractivity contribution in [1.29, 1.82) is 0 Å². The number of hydrogen-bond acceptors (Lipinski definition) is 3. The summed E-state index contributed by atoms with van der Waals surface area (Å²) in [4.78, 5) is 20.0. The molecule has 88 valence electrons. The quantitative estimate of drug-likeness (QED) is 0.552. The molecule has 6 heteroatoms. The van der Waals surface area contributed by atoms with Crippen molar-refractivity contribution in [2.24, 2.45) is 11.7 Å². The fourth-order valence-corrected chi connectivity index (χ4v) is 2.50. The van der Waals surface area contributed by atoms with Gasteiger partial charge in [-0.3, -0.25) is 4.79 Å². The van der Waals surface area contributed by atoms with Crippen LogP contribution in [0.1, 0.15) is 32.6 Å². The van der Waals surface area contributed by atoms with Crippen molar-refractivity contribution in [3.05, 3.63) is 0 Å². The number of hydrogen-bond donors (Lipinski definition) is 3.